The van der Waals surface area contributed by atoms with Crippen LogP contribution in [0.25, 0.3) is 0 Å². The molecule has 78 valence electrons. The van der Waals surface area contributed by atoms with Crippen molar-refractivity contribution < 1.29 is 13.6 Å². The molecule has 1 fully saturated rings. The highest BCUT2D eigenvalue weighted by atomic mass is 35.5. The molecule has 6 heteroatoms. The number of carbonyl (C=O) groups is 1. The van der Waals surface area contributed by atoms with Gasteiger partial charge in [-0.25, -0.2) is 8.78 Å². The lowest BCUT2D eigenvalue weighted by Gasteiger charge is -2.08. The average molecular weight is 215 g/mol. The van der Waals surface area contributed by atoms with Gasteiger partial charge in [-0.2, -0.15) is 0 Å². The van der Waals surface area contributed by atoms with Gasteiger partial charge >= 0.3 is 0 Å². The Balaban J connectivity index is 0.00000144. The zero-order chi connectivity index (χ0) is 8.97. The van der Waals surface area contributed by atoms with Gasteiger partial charge in [0.15, 0.2) is 0 Å². The van der Waals surface area contributed by atoms with Crippen LogP contribution in [-0.4, -0.2) is 32.0 Å². The van der Waals surface area contributed by atoms with Crippen LogP contribution in [0.15, 0.2) is 0 Å². The number of alkyl halides is 2. The highest BCUT2D eigenvalue weighted by Gasteiger charge is 2.22. The van der Waals surface area contributed by atoms with Crippen molar-refractivity contribution in [2.45, 2.75) is 12.8 Å². The van der Waals surface area contributed by atoms with Gasteiger partial charge in [-0.15, -0.1) is 12.4 Å². The maximum Gasteiger partial charge on any atom is 0.255 e. The highest BCUT2D eigenvalue weighted by Crippen LogP contribution is 2.06. The summed E-state index contributed by atoms with van der Waals surface area (Å²) in [5.41, 5.74) is 0. The van der Waals surface area contributed by atoms with Crippen molar-refractivity contribution in [1.29, 1.82) is 0 Å². The Hall–Kier alpha value is -0.420. The van der Waals surface area contributed by atoms with Crippen LogP contribution in [0, 0.1) is 5.92 Å². The largest absolute Gasteiger partial charge is 0.350 e. The lowest BCUT2D eigenvalue weighted by atomic mass is 10.1. The summed E-state index contributed by atoms with van der Waals surface area (Å²) < 4.78 is 23.3. The molecule has 0 bridgehead atoms. The molecule has 0 saturated carbocycles. The number of rotatable bonds is 3. The van der Waals surface area contributed by atoms with E-state index in [1.165, 1.54) is 0 Å². The molecule has 0 radical (unpaired) electrons. The summed E-state index contributed by atoms with van der Waals surface area (Å²) in [5.74, 6) is -0.385. The Labute approximate surface area is 81.7 Å². The molecule has 1 aliphatic rings. The minimum Gasteiger partial charge on any atom is -0.350 e. The summed E-state index contributed by atoms with van der Waals surface area (Å²) in [6, 6.07) is 0. The molecule has 0 unspecified atom stereocenters. The van der Waals surface area contributed by atoms with Gasteiger partial charge in [-0.1, -0.05) is 0 Å². The summed E-state index contributed by atoms with van der Waals surface area (Å²) in [4.78, 5) is 11.1. The molecule has 2 N–H and O–H groups in total. The minimum absolute atomic E-state index is 0. The summed E-state index contributed by atoms with van der Waals surface area (Å²) in [7, 11) is 0. The van der Waals surface area contributed by atoms with E-state index in [4.69, 9.17) is 0 Å². The Bertz CT molecular complexity index is 163. The van der Waals surface area contributed by atoms with Crippen LogP contribution in [-0.2, 0) is 4.79 Å². The standard InChI is InChI=1S/C7H12F2N2O.ClH/c8-6(9)4-11-7(12)5-1-2-10-3-5;/h5-6,10H,1-4H2,(H,11,12);1H/t5-;/m0./s1. The smallest absolute Gasteiger partial charge is 0.255 e. The molecule has 3 nitrogen and oxygen atoms in total. The van der Waals surface area contributed by atoms with Crippen molar-refractivity contribution in [2.24, 2.45) is 5.92 Å². The maximum atomic E-state index is 11.7. The first-order chi connectivity index (χ1) is 5.70. The van der Waals surface area contributed by atoms with E-state index in [2.05, 4.69) is 10.6 Å². The van der Waals surface area contributed by atoms with E-state index >= 15 is 0 Å². The normalized spacial score (nSPS) is 21.3. The molecule has 0 aliphatic carbocycles. The third-order valence-electron chi connectivity index (χ3n) is 1.86. The number of carbonyl (C=O) groups excluding carboxylic acids is 1. The molecular formula is C7H13ClF2N2O. The van der Waals surface area contributed by atoms with Gasteiger partial charge in [0, 0.05) is 6.54 Å². The van der Waals surface area contributed by atoms with Crippen LogP contribution >= 0.6 is 12.4 Å². The van der Waals surface area contributed by atoms with Gasteiger partial charge in [0.25, 0.3) is 6.43 Å². The molecule has 1 atom stereocenters. The third-order valence-corrected chi connectivity index (χ3v) is 1.86. The third kappa shape index (κ3) is 4.38. The van der Waals surface area contributed by atoms with Crippen LogP contribution in [0.1, 0.15) is 6.42 Å². The molecule has 0 aromatic heterocycles. The summed E-state index contributed by atoms with van der Waals surface area (Å²) in [6.45, 7) is 0.872. The zero-order valence-electron chi connectivity index (χ0n) is 7.06. The molecular weight excluding hydrogens is 202 g/mol. The van der Waals surface area contributed by atoms with Crippen molar-refractivity contribution in [1.82, 2.24) is 10.6 Å². The number of hydrogen-bond acceptors (Lipinski definition) is 2. The minimum atomic E-state index is -2.46. The Morgan fingerprint density at radius 2 is 2.31 bits per heavy atom. The molecule has 0 aromatic carbocycles. The van der Waals surface area contributed by atoms with E-state index in [-0.39, 0.29) is 24.2 Å². The van der Waals surface area contributed by atoms with Crippen LogP contribution in [0.4, 0.5) is 8.78 Å². The number of halogens is 3. The van der Waals surface area contributed by atoms with E-state index in [1.807, 2.05) is 0 Å². The van der Waals surface area contributed by atoms with Crippen molar-refractivity contribution in [3.63, 3.8) is 0 Å². The summed E-state index contributed by atoms with van der Waals surface area (Å²) in [5, 5.41) is 5.19. The second-order valence-electron chi connectivity index (χ2n) is 2.83. The van der Waals surface area contributed by atoms with Crippen LogP contribution < -0.4 is 10.6 Å². The van der Waals surface area contributed by atoms with E-state index in [1.54, 1.807) is 0 Å². The van der Waals surface area contributed by atoms with E-state index in [0.717, 1.165) is 13.0 Å². The van der Waals surface area contributed by atoms with E-state index < -0.39 is 13.0 Å². The van der Waals surface area contributed by atoms with Crippen molar-refractivity contribution >= 4 is 18.3 Å². The predicted octanol–water partition coefficient (Wildman–Crippen LogP) is 0.399. The molecule has 0 aromatic rings. The van der Waals surface area contributed by atoms with Gasteiger partial charge in [0.1, 0.15) is 0 Å². The van der Waals surface area contributed by atoms with Gasteiger partial charge in [-0.05, 0) is 13.0 Å². The van der Waals surface area contributed by atoms with Gasteiger partial charge in [-0.3, -0.25) is 4.79 Å². The van der Waals surface area contributed by atoms with E-state index in [0.29, 0.717) is 6.54 Å². The lowest BCUT2D eigenvalue weighted by Crippen LogP contribution is -2.34. The van der Waals surface area contributed by atoms with Crippen LogP contribution in [0.3, 0.4) is 0 Å². The Morgan fingerprint density at radius 3 is 2.77 bits per heavy atom. The fourth-order valence-corrected chi connectivity index (χ4v) is 1.20. The van der Waals surface area contributed by atoms with Crippen molar-refractivity contribution in [3.05, 3.63) is 0 Å². The second-order valence-corrected chi connectivity index (χ2v) is 2.83. The molecule has 1 heterocycles. The molecule has 1 aliphatic heterocycles. The Morgan fingerprint density at radius 1 is 1.62 bits per heavy atom. The van der Waals surface area contributed by atoms with Crippen molar-refractivity contribution in [2.75, 3.05) is 19.6 Å². The molecule has 13 heavy (non-hydrogen) atoms. The first-order valence-electron chi connectivity index (χ1n) is 3.96. The predicted molar refractivity (Wildman–Crippen MR) is 47.2 cm³/mol. The quantitative estimate of drug-likeness (QED) is 0.714. The number of hydrogen-bond donors (Lipinski definition) is 2. The van der Waals surface area contributed by atoms with Crippen molar-refractivity contribution in [3.8, 4) is 0 Å². The topological polar surface area (TPSA) is 41.1 Å². The van der Waals surface area contributed by atoms with Gasteiger partial charge in [0.05, 0.1) is 12.5 Å². The molecule has 0 spiro atoms. The number of amides is 1. The maximum absolute atomic E-state index is 11.7. The zero-order valence-corrected chi connectivity index (χ0v) is 7.87. The van der Waals surface area contributed by atoms with Crippen LogP contribution in [0.2, 0.25) is 0 Å². The van der Waals surface area contributed by atoms with E-state index in [9.17, 15) is 13.6 Å². The van der Waals surface area contributed by atoms with Gasteiger partial charge < -0.3 is 10.6 Å². The fourth-order valence-electron chi connectivity index (χ4n) is 1.20. The SMILES string of the molecule is Cl.O=C(NCC(F)F)[C@H]1CCNC1. The summed E-state index contributed by atoms with van der Waals surface area (Å²) >= 11 is 0. The van der Waals surface area contributed by atoms with Gasteiger partial charge in [0.2, 0.25) is 5.91 Å². The van der Waals surface area contributed by atoms with Crippen LogP contribution in [0.5, 0.6) is 0 Å². The molecule has 1 rings (SSSR count). The number of nitrogens with one attached hydrogen (secondary N) is 2. The molecule has 1 amide bonds. The second kappa shape index (κ2) is 6.10. The first-order valence-corrected chi connectivity index (χ1v) is 3.96. The molecule has 1 saturated heterocycles. The first kappa shape index (κ1) is 12.6. The lowest BCUT2D eigenvalue weighted by molar-refractivity contribution is -0.125. The monoisotopic (exact) mass is 214 g/mol. The summed E-state index contributed by atoms with van der Waals surface area (Å²) in [6.07, 6.45) is -1.71. The highest BCUT2D eigenvalue weighted by molar-refractivity contribution is 5.85. The average Bonchev–Trinajstić information content (AvgIpc) is 2.51. The Kier molecular flexibility index (Phi) is 5.90. The fraction of sp³-hybridized carbons (Fsp3) is 0.857.